The fourth-order valence-corrected chi connectivity index (χ4v) is 3.82. The van der Waals surface area contributed by atoms with E-state index in [1.54, 1.807) is 23.7 Å². The lowest BCUT2D eigenvalue weighted by Gasteiger charge is -2.10. The summed E-state index contributed by atoms with van der Waals surface area (Å²) >= 11 is 3.21. The van der Waals surface area contributed by atoms with Gasteiger partial charge in [-0.15, -0.1) is 23.1 Å². The van der Waals surface area contributed by atoms with E-state index >= 15 is 0 Å². The zero-order valence-electron chi connectivity index (χ0n) is 12.7. The topological polar surface area (TPSA) is 54.9 Å². The Morgan fingerprint density at radius 1 is 1.26 bits per heavy atom. The highest BCUT2D eigenvalue weighted by atomic mass is 32.2. The van der Waals surface area contributed by atoms with E-state index in [1.165, 1.54) is 16.5 Å². The van der Waals surface area contributed by atoms with Gasteiger partial charge in [-0.3, -0.25) is 9.78 Å². The van der Waals surface area contributed by atoms with Crippen LogP contribution >= 0.6 is 23.1 Å². The van der Waals surface area contributed by atoms with Crippen LogP contribution in [0.2, 0.25) is 0 Å². The van der Waals surface area contributed by atoms with Crippen molar-refractivity contribution >= 4 is 39.2 Å². The van der Waals surface area contributed by atoms with Gasteiger partial charge in [0.15, 0.2) is 0 Å². The normalized spacial score (nSPS) is 12.2. The standard InChI is InChI=1S/C17H17N3OS2/c1-12(17-20-14-4-2-3-5-15(14)23-17)10-19-16(21)11-22-13-6-8-18-9-7-13/h2-9,12H,10-11H2,1H3,(H,19,21). The van der Waals surface area contributed by atoms with Crippen molar-refractivity contribution in [3.8, 4) is 0 Å². The van der Waals surface area contributed by atoms with Crippen molar-refractivity contribution < 1.29 is 4.79 Å². The second-order valence-electron chi connectivity index (χ2n) is 5.20. The molecule has 0 aliphatic rings. The van der Waals surface area contributed by atoms with Crippen LogP contribution in [-0.2, 0) is 4.79 Å². The van der Waals surface area contributed by atoms with Gasteiger partial charge in [-0.1, -0.05) is 19.1 Å². The third kappa shape index (κ3) is 4.30. The highest BCUT2D eigenvalue weighted by molar-refractivity contribution is 8.00. The number of thiazole rings is 1. The molecule has 2 aromatic heterocycles. The molecule has 1 amide bonds. The molecule has 118 valence electrons. The molecule has 1 atom stereocenters. The Morgan fingerprint density at radius 2 is 2.04 bits per heavy atom. The highest BCUT2D eigenvalue weighted by Crippen LogP contribution is 2.26. The summed E-state index contributed by atoms with van der Waals surface area (Å²) in [5.41, 5.74) is 1.03. The van der Waals surface area contributed by atoms with Crippen LogP contribution in [0.3, 0.4) is 0 Å². The first-order valence-electron chi connectivity index (χ1n) is 7.37. The molecule has 0 aliphatic carbocycles. The Hall–Kier alpha value is -1.92. The predicted octanol–water partition coefficient (Wildman–Crippen LogP) is 3.70. The van der Waals surface area contributed by atoms with Gasteiger partial charge in [0.25, 0.3) is 0 Å². The number of pyridine rings is 1. The van der Waals surface area contributed by atoms with Gasteiger partial charge in [0.1, 0.15) is 0 Å². The molecular weight excluding hydrogens is 326 g/mol. The number of aromatic nitrogens is 2. The SMILES string of the molecule is CC(CNC(=O)CSc1ccncc1)c1nc2ccccc2s1. The molecule has 0 spiro atoms. The molecule has 23 heavy (non-hydrogen) atoms. The van der Waals surface area contributed by atoms with Crippen LogP contribution in [0.5, 0.6) is 0 Å². The maximum absolute atomic E-state index is 12.0. The molecule has 0 fully saturated rings. The zero-order chi connectivity index (χ0) is 16.1. The van der Waals surface area contributed by atoms with Gasteiger partial charge in [0.2, 0.25) is 5.91 Å². The fraction of sp³-hybridized carbons (Fsp3) is 0.235. The number of nitrogens with one attached hydrogen (secondary N) is 1. The number of carbonyl (C=O) groups is 1. The summed E-state index contributed by atoms with van der Waals surface area (Å²) in [6.07, 6.45) is 3.46. The number of fused-ring (bicyclic) bond motifs is 1. The smallest absolute Gasteiger partial charge is 0.230 e. The molecule has 3 rings (SSSR count). The van der Waals surface area contributed by atoms with Gasteiger partial charge in [-0.25, -0.2) is 4.98 Å². The highest BCUT2D eigenvalue weighted by Gasteiger charge is 2.12. The number of para-hydroxylation sites is 1. The molecular formula is C17H17N3OS2. The maximum atomic E-state index is 12.0. The van der Waals surface area contributed by atoms with Gasteiger partial charge < -0.3 is 5.32 Å². The first-order valence-corrected chi connectivity index (χ1v) is 9.17. The summed E-state index contributed by atoms with van der Waals surface area (Å²) in [4.78, 5) is 21.6. The average molecular weight is 343 g/mol. The molecule has 4 nitrogen and oxygen atoms in total. The summed E-state index contributed by atoms with van der Waals surface area (Å²) in [5, 5.41) is 4.05. The lowest BCUT2D eigenvalue weighted by Crippen LogP contribution is -2.28. The Kier molecular flexibility index (Phi) is 5.25. The van der Waals surface area contributed by atoms with Crippen LogP contribution in [0.4, 0.5) is 0 Å². The summed E-state index contributed by atoms with van der Waals surface area (Å²) in [6, 6.07) is 11.9. The van der Waals surface area contributed by atoms with Gasteiger partial charge in [0, 0.05) is 29.8 Å². The fourth-order valence-electron chi connectivity index (χ4n) is 2.09. The molecule has 1 aromatic carbocycles. The number of benzene rings is 1. The second kappa shape index (κ2) is 7.57. The molecule has 6 heteroatoms. The Morgan fingerprint density at radius 3 is 2.83 bits per heavy atom. The van der Waals surface area contributed by atoms with Crippen LogP contribution in [0, 0.1) is 0 Å². The predicted molar refractivity (Wildman–Crippen MR) is 96.0 cm³/mol. The first-order chi connectivity index (χ1) is 11.2. The van der Waals surface area contributed by atoms with Gasteiger partial charge in [-0.05, 0) is 24.3 Å². The summed E-state index contributed by atoms with van der Waals surface area (Å²) in [7, 11) is 0. The molecule has 0 bridgehead atoms. The molecule has 0 radical (unpaired) electrons. The van der Waals surface area contributed by atoms with Gasteiger partial charge >= 0.3 is 0 Å². The van der Waals surface area contributed by atoms with E-state index in [9.17, 15) is 4.79 Å². The molecule has 1 N–H and O–H groups in total. The molecule has 1 unspecified atom stereocenters. The van der Waals surface area contributed by atoms with Crippen molar-refractivity contribution in [3.63, 3.8) is 0 Å². The van der Waals surface area contributed by atoms with E-state index in [0.717, 1.165) is 15.4 Å². The van der Waals surface area contributed by atoms with Crippen LogP contribution in [0.1, 0.15) is 17.8 Å². The second-order valence-corrected chi connectivity index (χ2v) is 7.31. The monoisotopic (exact) mass is 343 g/mol. The van der Waals surface area contributed by atoms with E-state index in [0.29, 0.717) is 12.3 Å². The van der Waals surface area contributed by atoms with E-state index in [1.807, 2.05) is 30.3 Å². The lowest BCUT2D eigenvalue weighted by atomic mass is 10.2. The summed E-state index contributed by atoms with van der Waals surface area (Å²) < 4.78 is 1.19. The van der Waals surface area contributed by atoms with Crippen LogP contribution in [0.25, 0.3) is 10.2 Å². The molecule has 0 saturated heterocycles. The zero-order valence-corrected chi connectivity index (χ0v) is 14.4. The number of amides is 1. The number of carbonyl (C=O) groups excluding carboxylic acids is 1. The molecule has 3 aromatic rings. The first kappa shape index (κ1) is 16.0. The number of nitrogens with zero attached hydrogens (tertiary/aromatic N) is 2. The van der Waals surface area contributed by atoms with E-state index in [-0.39, 0.29) is 11.8 Å². The number of rotatable bonds is 6. The molecule has 0 saturated carbocycles. The van der Waals surface area contributed by atoms with E-state index in [4.69, 9.17) is 0 Å². The Bertz CT molecular complexity index is 756. The van der Waals surface area contributed by atoms with E-state index in [2.05, 4.69) is 28.3 Å². The number of hydrogen-bond acceptors (Lipinski definition) is 5. The van der Waals surface area contributed by atoms with Crippen molar-refractivity contribution in [2.75, 3.05) is 12.3 Å². The molecule has 0 aliphatic heterocycles. The van der Waals surface area contributed by atoms with Crippen molar-refractivity contribution in [2.45, 2.75) is 17.7 Å². The quantitative estimate of drug-likeness (QED) is 0.693. The molecule has 2 heterocycles. The van der Waals surface area contributed by atoms with E-state index < -0.39 is 0 Å². The van der Waals surface area contributed by atoms with Crippen molar-refractivity contribution in [1.82, 2.24) is 15.3 Å². The minimum Gasteiger partial charge on any atom is -0.355 e. The van der Waals surface area contributed by atoms with Crippen LogP contribution < -0.4 is 5.32 Å². The Labute approximate surface area is 143 Å². The Balaban J connectivity index is 1.50. The van der Waals surface area contributed by atoms with Crippen molar-refractivity contribution in [2.24, 2.45) is 0 Å². The largest absolute Gasteiger partial charge is 0.355 e. The van der Waals surface area contributed by atoms with Crippen molar-refractivity contribution in [1.29, 1.82) is 0 Å². The third-order valence-corrected chi connectivity index (χ3v) is 5.64. The number of thioether (sulfide) groups is 1. The third-order valence-electron chi connectivity index (χ3n) is 3.36. The van der Waals surface area contributed by atoms with Crippen molar-refractivity contribution in [3.05, 3.63) is 53.8 Å². The minimum atomic E-state index is 0.0415. The van der Waals surface area contributed by atoms with Crippen LogP contribution in [-0.4, -0.2) is 28.2 Å². The maximum Gasteiger partial charge on any atom is 0.230 e. The van der Waals surface area contributed by atoms with Gasteiger partial charge in [0.05, 0.1) is 21.0 Å². The van der Waals surface area contributed by atoms with Crippen LogP contribution in [0.15, 0.2) is 53.7 Å². The summed E-state index contributed by atoms with van der Waals surface area (Å²) in [5.74, 6) is 0.665. The lowest BCUT2D eigenvalue weighted by molar-refractivity contribution is -0.118. The van der Waals surface area contributed by atoms with Gasteiger partial charge in [-0.2, -0.15) is 0 Å². The average Bonchev–Trinajstić information content (AvgIpc) is 3.03. The summed E-state index contributed by atoms with van der Waals surface area (Å²) in [6.45, 7) is 2.70. The minimum absolute atomic E-state index is 0.0415. The number of hydrogen-bond donors (Lipinski definition) is 1.